The fourth-order valence-electron chi connectivity index (χ4n) is 1.44. The third kappa shape index (κ3) is 2.59. The molecule has 0 bridgehead atoms. The number of hydrogen-bond donors (Lipinski definition) is 2. The minimum Gasteiger partial charge on any atom is -0.399 e. The van der Waals surface area contributed by atoms with Gasteiger partial charge < -0.3 is 11.1 Å². The normalized spacial score (nSPS) is 10.4. The maximum Gasteiger partial charge on any atom is 0.151 e. The topological polar surface area (TPSA) is 38.0 Å². The summed E-state index contributed by atoms with van der Waals surface area (Å²) in [4.78, 5) is 0. The Morgan fingerprint density at radius 1 is 1.00 bits per heavy atom. The Bertz CT molecular complexity index is 579. The van der Waals surface area contributed by atoms with Crippen molar-refractivity contribution in [1.29, 1.82) is 0 Å². The van der Waals surface area contributed by atoms with Crippen LogP contribution in [0.15, 0.2) is 34.8 Å². The highest BCUT2D eigenvalue weighted by Crippen LogP contribution is 2.30. The van der Waals surface area contributed by atoms with Gasteiger partial charge in [0.15, 0.2) is 11.6 Å². The molecule has 2 aromatic rings. The molecule has 0 fully saturated rings. The second-order valence-corrected chi connectivity index (χ2v) is 4.46. The van der Waals surface area contributed by atoms with Gasteiger partial charge in [-0.05, 0) is 46.3 Å². The van der Waals surface area contributed by atoms with E-state index in [0.29, 0.717) is 4.47 Å². The van der Waals surface area contributed by atoms with Crippen LogP contribution in [0.25, 0.3) is 0 Å². The van der Waals surface area contributed by atoms with Crippen LogP contribution in [-0.4, -0.2) is 0 Å². The molecule has 18 heavy (non-hydrogen) atoms. The van der Waals surface area contributed by atoms with Crippen molar-refractivity contribution in [2.24, 2.45) is 0 Å². The van der Waals surface area contributed by atoms with Crippen molar-refractivity contribution in [1.82, 2.24) is 0 Å². The first kappa shape index (κ1) is 12.8. The van der Waals surface area contributed by atoms with Crippen LogP contribution in [0.5, 0.6) is 0 Å². The fourth-order valence-corrected chi connectivity index (χ4v) is 1.79. The van der Waals surface area contributed by atoms with E-state index in [-0.39, 0.29) is 17.1 Å². The summed E-state index contributed by atoms with van der Waals surface area (Å²) >= 11 is 3.15. The molecular formula is C12H8BrF3N2. The first-order valence-electron chi connectivity index (χ1n) is 4.94. The van der Waals surface area contributed by atoms with Gasteiger partial charge in [-0.1, -0.05) is 0 Å². The number of nitrogen functional groups attached to an aromatic ring is 1. The highest BCUT2D eigenvalue weighted by atomic mass is 79.9. The van der Waals surface area contributed by atoms with E-state index in [9.17, 15) is 13.2 Å². The van der Waals surface area contributed by atoms with E-state index in [1.165, 1.54) is 12.1 Å². The molecule has 0 radical (unpaired) electrons. The summed E-state index contributed by atoms with van der Waals surface area (Å²) < 4.78 is 40.6. The molecule has 94 valence electrons. The first-order chi connectivity index (χ1) is 8.47. The van der Waals surface area contributed by atoms with Crippen molar-refractivity contribution in [2.45, 2.75) is 0 Å². The molecule has 6 heteroatoms. The van der Waals surface area contributed by atoms with Crippen LogP contribution in [0.1, 0.15) is 0 Å². The number of hydrogen-bond acceptors (Lipinski definition) is 2. The van der Waals surface area contributed by atoms with Crippen LogP contribution in [0.3, 0.4) is 0 Å². The van der Waals surface area contributed by atoms with Crippen molar-refractivity contribution in [3.63, 3.8) is 0 Å². The largest absolute Gasteiger partial charge is 0.399 e. The van der Waals surface area contributed by atoms with Gasteiger partial charge in [0, 0.05) is 10.2 Å². The molecular weight excluding hydrogens is 309 g/mol. The minimum absolute atomic E-state index is 0.0196. The average molecular weight is 317 g/mol. The summed E-state index contributed by atoms with van der Waals surface area (Å²) in [7, 11) is 0. The Morgan fingerprint density at radius 2 is 1.61 bits per heavy atom. The molecule has 0 heterocycles. The highest BCUT2D eigenvalue weighted by molar-refractivity contribution is 9.10. The summed E-state index contributed by atoms with van der Waals surface area (Å²) in [6, 6.07) is 5.76. The van der Waals surface area contributed by atoms with E-state index in [1.807, 2.05) is 0 Å². The molecule has 0 atom stereocenters. The molecule has 3 N–H and O–H groups in total. The van der Waals surface area contributed by atoms with Gasteiger partial charge in [0.25, 0.3) is 0 Å². The average Bonchev–Trinajstić information content (AvgIpc) is 2.28. The third-order valence-corrected chi connectivity index (χ3v) is 2.94. The monoisotopic (exact) mass is 316 g/mol. The zero-order valence-corrected chi connectivity index (χ0v) is 10.6. The molecule has 0 unspecified atom stereocenters. The first-order valence-corrected chi connectivity index (χ1v) is 5.73. The van der Waals surface area contributed by atoms with Crippen molar-refractivity contribution in [3.05, 3.63) is 52.3 Å². The zero-order valence-electron chi connectivity index (χ0n) is 8.98. The lowest BCUT2D eigenvalue weighted by atomic mass is 10.2. The fraction of sp³-hybridized carbons (Fsp3) is 0. The van der Waals surface area contributed by atoms with Gasteiger partial charge >= 0.3 is 0 Å². The van der Waals surface area contributed by atoms with Crippen LogP contribution in [-0.2, 0) is 0 Å². The van der Waals surface area contributed by atoms with Gasteiger partial charge in [0.2, 0.25) is 0 Å². The van der Waals surface area contributed by atoms with Crippen LogP contribution in [0.4, 0.5) is 30.2 Å². The Labute approximate surface area is 110 Å². The van der Waals surface area contributed by atoms with E-state index in [2.05, 4.69) is 21.2 Å². The molecule has 2 rings (SSSR count). The smallest absolute Gasteiger partial charge is 0.151 e. The predicted molar refractivity (Wildman–Crippen MR) is 68.2 cm³/mol. The minimum atomic E-state index is -0.844. The molecule has 0 aliphatic carbocycles. The van der Waals surface area contributed by atoms with E-state index in [1.54, 1.807) is 0 Å². The highest BCUT2D eigenvalue weighted by Gasteiger charge is 2.12. The molecule has 0 amide bonds. The van der Waals surface area contributed by atoms with Crippen molar-refractivity contribution in [3.8, 4) is 0 Å². The number of nitrogens with one attached hydrogen (secondary N) is 1. The number of anilines is 3. The molecule has 0 saturated carbocycles. The van der Waals surface area contributed by atoms with E-state index in [0.717, 1.165) is 18.2 Å². The quantitative estimate of drug-likeness (QED) is 0.815. The van der Waals surface area contributed by atoms with Crippen LogP contribution < -0.4 is 11.1 Å². The standard InChI is InChI=1S/C12H8BrF3N2/c13-8-2-1-6(14)3-11(8)18-12-9(15)4-7(17)5-10(12)16/h1-5,18H,17H2. The summed E-state index contributed by atoms with van der Waals surface area (Å²) in [6.07, 6.45) is 0. The number of benzene rings is 2. The van der Waals surface area contributed by atoms with E-state index < -0.39 is 17.5 Å². The summed E-state index contributed by atoms with van der Waals surface area (Å²) in [5.74, 6) is -2.20. The van der Waals surface area contributed by atoms with Gasteiger partial charge in [0.05, 0.1) is 5.69 Å². The van der Waals surface area contributed by atoms with Gasteiger partial charge in [-0.25, -0.2) is 13.2 Å². The lowest BCUT2D eigenvalue weighted by Crippen LogP contribution is -2.00. The molecule has 0 aliphatic rings. The van der Waals surface area contributed by atoms with Crippen molar-refractivity contribution in [2.75, 3.05) is 11.1 Å². The molecule has 0 spiro atoms. The number of halogens is 4. The molecule has 0 saturated heterocycles. The Balaban J connectivity index is 2.43. The number of rotatable bonds is 2. The summed E-state index contributed by atoms with van der Waals surface area (Å²) in [5.41, 5.74) is 5.12. The van der Waals surface area contributed by atoms with Gasteiger partial charge in [-0.15, -0.1) is 0 Å². The Morgan fingerprint density at radius 3 is 2.22 bits per heavy atom. The third-order valence-electron chi connectivity index (χ3n) is 2.25. The molecule has 2 nitrogen and oxygen atoms in total. The molecule has 0 aliphatic heterocycles. The maximum atomic E-state index is 13.5. The van der Waals surface area contributed by atoms with Gasteiger partial charge in [-0.2, -0.15) is 0 Å². The zero-order chi connectivity index (χ0) is 13.3. The van der Waals surface area contributed by atoms with Crippen molar-refractivity contribution >= 4 is 33.0 Å². The van der Waals surface area contributed by atoms with Gasteiger partial charge in [0.1, 0.15) is 11.5 Å². The van der Waals surface area contributed by atoms with Crippen LogP contribution in [0.2, 0.25) is 0 Å². The summed E-state index contributed by atoms with van der Waals surface area (Å²) in [6.45, 7) is 0. The van der Waals surface area contributed by atoms with E-state index in [4.69, 9.17) is 5.73 Å². The van der Waals surface area contributed by atoms with E-state index >= 15 is 0 Å². The summed E-state index contributed by atoms with van der Waals surface area (Å²) in [5, 5.41) is 2.48. The second-order valence-electron chi connectivity index (χ2n) is 3.61. The Hall–Kier alpha value is -1.69. The molecule has 0 aromatic heterocycles. The lowest BCUT2D eigenvalue weighted by Gasteiger charge is -2.11. The number of nitrogens with two attached hydrogens (primary N) is 1. The van der Waals surface area contributed by atoms with Gasteiger partial charge in [-0.3, -0.25) is 0 Å². The molecule has 2 aromatic carbocycles. The Kier molecular flexibility index (Phi) is 3.47. The maximum absolute atomic E-state index is 13.5. The SMILES string of the molecule is Nc1cc(F)c(Nc2cc(F)ccc2Br)c(F)c1. The second kappa shape index (κ2) is 4.89. The van der Waals surface area contributed by atoms with Crippen LogP contribution in [0, 0.1) is 17.5 Å². The lowest BCUT2D eigenvalue weighted by molar-refractivity contribution is 0.591. The predicted octanol–water partition coefficient (Wildman–Crippen LogP) is 4.19. The van der Waals surface area contributed by atoms with Crippen LogP contribution >= 0.6 is 15.9 Å². The van der Waals surface area contributed by atoms with Crippen molar-refractivity contribution < 1.29 is 13.2 Å².